The van der Waals surface area contributed by atoms with Crippen LogP contribution in [0.1, 0.15) is 15.9 Å². The van der Waals surface area contributed by atoms with Crippen LogP contribution < -0.4 is 10.6 Å². The fourth-order valence-corrected chi connectivity index (χ4v) is 3.79. The summed E-state index contributed by atoms with van der Waals surface area (Å²) in [4.78, 5) is 27.3. The largest absolute Gasteiger partial charge is 0.493 e. The van der Waals surface area contributed by atoms with E-state index in [4.69, 9.17) is 11.6 Å². The number of benzene rings is 3. The van der Waals surface area contributed by atoms with Crippen molar-refractivity contribution < 1.29 is 27.9 Å². The number of carbonyl (C=O) groups excluding carboxylic acids is 2. The van der Waals surface area contributed by atoms with Crippen molar-refractivity contribution in [2.24, 2.45) is 10.2 Å². The molecule has 0 radical (unpaired) electrons. The molecule has 3 aromatic carbocycles. The van der Waals surface area contributed by atoms with Crippen molar-refractivity contribution >= 4 is 67.4 Å². The molecular formula is C23H14BrClF3N5O3. The lowest BCUT2D eigenvalue weighted by atomic mass is 10.2. The predicted molar refractivity (Wildman–Crippen MR) is 132 cm³/mol. The van der Waals surface area contributed by atoms with E-state index >= 15 is 0 Å². The number of halogens is 5. The van der Waals surface area contributed by atoms with Crippen LogP contribution in [0.4, 0.5) is 35.0 Å². The second-order valence-corrected chi connectivity index (χ2v) is 8.69. The van der Waals surface area contributed by atoms with E-state index < -0.39 is 28.7 Å². The van der Waals surface area contributed by atoms with Crippen LogP contribution in [0.5, 0.6) is 5.88 Å². The zero-order valence-electron chi connectivity index (χ0n) is 17.8. The van der Waals surface area contributed by atoms with E-state index in [2.05, 4.69) is 41.8 Å². The van der Waals surface area contributed by atoms with Crippen molar-refractivity contribution in [2.45, 2.75) is 6.18 Å². The van der Waals surface area contributed by atoms with Crippen molar-refractivity contribution in [2.75, 3.05) is 10.6 Å². The van der Waals surface area contributed by atoms with Crippen LogP contribution in [0, 0.1) is 0 Å². The molecule has 184 valence electrons. The molecule has 0 spiro atoms. The predicted octanol–water partition coefficient (Wildman–Crippen LogP) is 7.88. The topological polar surface area (TPSA) is 119 Å². The normalized spacial score (nSPS) is 11.7. The highest BCUT2D eigenvalue weighted by Gasteiger charge is 2.33. The number of fused-ring (bicyclic) bond motifs is 1. The SMILES string of the molecule is O=C(Nc1ccc(C(=O)N=Nc2c(O)[nH]c3ccc(Br)cc23)cc1)Nc1ccc(Cl)c(C(F)(F)F)c1. The Kier molecular flexibility index (Phi) is 7.00. The highest BCUT2D eigenvalue weighted by Crippen LogP contribution is 2.37. The first-order chi connectivity index (χ1) is 17.0. The number of aromatic nitrogens is 1. The van der Waals surface area contributed by atoms with Crippen molar-refractivity contribution in [3.05, 3.63) is 81.3 Å². The van der Waals surface area contributed by atoms with Crippen molar-refractivity contribution in [3.63, 3.8) is 0 Å². The van der Waals surface area contributed by atoms with Gasteiger partial charge in [-0.2, -0.15) is 13.2 Å². The molecule has 4 aromatic rings. The zero-order chi connectivity index (χ0) is 26.0. The Balaban J connectivity index is 1.42. The number of alkyl halides is 3. The Labute approximate surface area is 214 Å². The van der Waals surface area contributed by atoms with Gasteiger partial charge in [0.15, 0.2) is 5.69 Å². The number of amides is 3. The summed E-state index contributed by atoms with van der Waals surface area (Å²) < 4.78 is 39.7. The minimum absolute atomic E-state index is 0.102. The third-order valence-corrected chi connectivity index (χ3v) is 5.70. The summed E-state index contributed by atoms with van der Waals surface area (Å²) in [5.74, 6) is -0.941. The van der Waals surface area contributed by atoms with Gasteiger partial charge >= 0.3 is 12.2 Å². The Morgan fingerprint density at radius 1 is 0.972 bits per heavy atom. The number of nitrogens with one attached hydrogen (secondary N) is 3. The Bertz CT molecular complexity index is 1500. The number of hydrogen-bond acceptors (Lipinski definition) is 4. The van der Waals surface area contributed by atoms with Crippen molar-refractivity contribution in [1.82, 2.24) is 4.98 Å². The Morgan fingerprint density at radius 2 is 1.64 bits per heavy atom. The van der Waals surface area contributed by atoms with Gasteiger partial charge in [0.05, 0.1) is 16.1 Å². The molecule has 4 rings (SSSR count). The molecule has 0 aliphatic rings. The number of anilines is 2. The molecule has 0 saturated carbocycles. The molecule has 0 bridgehead atoms. The molecule has 1 aromatic heterocycles. The Hall–Kier alpha value is -3.90. The van der Waals surface area contributed by atoms with E-state index in [0.717, 1.165) is 16.6 Å². The molecular weight excluding hydrogens is 567 g/mol. The second-order valence-electron chi connectivity index (χ2n) is 7.37. The number of carbonyl (C=O) groups is 2. The summed E-state index contributed by atoms with van der Waals surface area (Å²) in [6, 6.07) is 13.0. The number of hydrogen-bond donors (Lipinski definition) is 4. The van der Waals surface area contributed by atoms with Gasteiger partial charge < -0.3 is 20.7 Å². The molecule has 0 saturated heterocycles. The van der Waals surface area contributed by atoms with Crippen LogP contribution in [-0.4, -0.2) is 22.0 Å². The molecule has 1 heterocycles. The summed E-state index contributed by atoms with van der Waals surface area (Å²) in [7, 11) is 0. The number of aromatic amines is 1. The van der Waals surface area contributed by atoms with E-state index in [-0.39, 0.29) is 28.5 Å². The first-order valence-corrected chi connectivity index (χ1v) is 11.2. The number of H-pyrrole nitrogens is 1. The maximum atomic E-state index is 13.0. The molecule has 4 N–H and O–H groups in total. The van der Waals surface area contributed by atoms with E-state index in [1.54, 1.807) is 18.2 Å². The van der Waals surface area contributed by atoms with Crippen LogP contribution >= 0.6 is 27.5 Å². The molecule has 0 aliphatic carbocycles. The smallest absolute Gasteiger partial charge is 0.417 e. The molecule has 0 unspecified atom stereocenters. The molecule has 8 nitrogen and oxygen atoms in total. The van der Waals surface area contributed by atoms with Crippen molar-refractivity contribution in [3.8, 4) is 5.88 Å². The molecule has 3 amide bonds. The monoisotopic (exact) mass is 579 g/mol. The number of urea groups is 1. The molecule has 36 heavy (non-hydrogen) atoms. The molecule has 0 aliphatic heterocycles. The second kappa shape index (κ2) is 9.99. The third-order valence-electron chi connectivity index (χ3n) is 4.87. The van der Waals surface area contributed by atoms with Gasteiger partial charge in [-0.1, -0.05) is 27.5 Å². The summed E-state index contributed by atoms with van der Waals surface area (Å²) >= 11 is 8.90. The highest BCUT2D eigenvalue weighted by atomic mass is 79.9. The molecule has 13 heteroatoms. The van der Waals surface area contributed by atoms with E-state index in [0.29, 0.717) is 10.9 Å². The minimum atomic E-state index is -4.67. The first kappa shape index (κ1) is 25.2. The standard InChI is InChI=1S/C23H14BrClF3N5O3/c24-12-3-8-18-15(9-12)19(21(35)31-18)32-33-20(34)11-1-4-13(5-2-11)29-22(36)30-14-6-7-17(25)16(10-14)23(26,27)28/h1-10,31,35H,(H2,29,30,36). The first-order valence-electron chi connectivity index (χ1n) is 10.0. The average Bonchev–Trinajstić information content (AvgIpc) is 3.12. The van der Waals surface area contributed by atoms with Gasteiger partial charge in [-0.25, -0.2) is 4.79 Å². The van der Waals surface area contributed by atoms with Gasteiger partial charge in [0.25, 0.3) is 5.91 Å². The average molecular weight is 581 g/mol. The number of aromatic hydroxyl groups is 1. The van der Waals surface area contributed by atoms with Gasteiger partial charge in [-0.15, -0.1) is 10.2 Å². The lowest BCUT2D eigenvalue weighted by Crippen LogP contribution is -2.20. The van der Waals surface area contributed by atoms with Gasteiger partial charge in [-0.3, -0.25) is 4.79 Å². The van der Waals surface area contributed by atoms with Gasteiger partial charge in [0.1, 0.15) is 0 Å². The van der Waals surface area contributed by atoms with Crippen LogP contribution in [0.3, 0.4) is 0 Å². The summed E-state index contributed by atoms with van der Waals surface area (Å²) in [5, 5.41) is 22.4. The van der Waals surface area contributed by atoms with E-state index in [1.807, 2.05) is 0 Å². The summed E-state index contributed by atoms with van der Waals surface area (Å²) in [6.45, 7) is 0. The van der Waals surface area contributed by atoms with Gasteiger partial charge in [0, 0.05) is 26.8 Å². The van der Waals surface area contributed by atoms with Crippen LogP contribution in [-0.2, 0) is 6.18 Å². The zero-order valence-corrected chi connectivity index (χ0v) is 20.2. The number of nitrogens with zero attached hydrogens (tertiary/aromatic N) is 2. The van der Waals surface area contributed by atoms with E-state index in [1.165, 1.54) is 30.3 Å². The fourth-order valence-electron chi connectivity index (χ4n) is 3.20. The third kappa shape index (κ3) is 5.66. The summed E-state index contributed by atoms with van der Waals surface area (Å²) in [5.41, 5.74) is -0.0519. The number of rotatable bonds is 4. The highest BCUT2D eigenvalue weighted by molar-refractivity contribution is 9.10. The van der Waals surface area contributed by atoms with Crippen molar-refractivity contribution in [1.29, 1.82) is 0 Å². The lowest BCUT2D eigenvalue weighted by molar-refractivity contribution is -0.137. The summed E-state index contributed by atoms with van der Waals surface area (Å²) in [6.07, 6.45) is -4.67. The van der Waals surface area contributed by atoms with Gasteiger partial charge in [-0.05, 0) is 60.7 Å². The van der Waals surface area contributed by atoms with Crippen LogP contribution in [0.25, 0.3) is 10.9 Å². The lowest BCUT2D eigenvalue weighted by Gasteiger charge is -2.12. The maximum Gasteiger partial charge on any atom is 0.417 e. The molecule has 0 atom stereocenters. The molecule has 0 fully saturated rings. The van der Waals surface area contributed by atoms with Gasteiger partial charge in [0.2, 0.25) is 5.88 Å². The van der Waals surface area contributed by atoms with Crippen LogP contribution in [0.15, 0.2) is 75.4 Å². The fraction of sp³-hybridized carbons (Fsp3) is 0.0435. The van der Waals surface area contributed by atoms with Crippen LogP contribution in [0.2, 0.25) is 5.02 Å². The Morgan fingerprint density at radius 3 is 2.33 bits per heavy atom. The van der Waals surface area contributed by atoms with E-state index in [9.17, 15) is 27.9 Å². The minimum Gasteiger partial charge on any atom is -0.493 e. The maximum absolute atomic E-state index is 13.0. The number of azo groups is 1. The quantitative estimate of drug-likeness (QED) is 0.184.